The van der Waals surface area contributed by atoms with E-state index in [4.69, 9.17) is 4.99 Å². The van der Waals surface area contributed by atoms with Crippen LogP contribution in [-0.4, -0.2) is 38.2 Å². The lowest BCUT2D eigenvalue weighted by Gasteiger charge is -2.48. The predicted molar refractivity (Wildman–Crippen MR) is 159 cm³/mol. The molecule has 6 nitrogen and oxygen atoms in total. The summed E-state index contributed by atoms with van der Waals surface area (Å²) in [7, 11) is 0. The molecular weight excluding hydrogens is 517 g/mol. The number of hydrogen-bond acceptors (Lipinski definition) is 4. The number of halogens is 2. The molecular formula is C32H25BF2N6. The summed E-state index contributed by atoms with van der Waals surface area (Å²) in [5.74, 6) is 0.0705. The number of aliphatic imine (C=N–C) groups is 1. The Bertz CT molecular complexity index is 2020. The van der Waals surface area contributed by atoms with Gasteiger partial charge >= 0.3 is 12.8 Å². The number of para-hydroxylation sites is 3. The molecule has 2 unspecified atom stereocenters. The summed E-state index contributed by atoms with van der Waals surface area (Å²) in [5, 5.41) is 0. The zero-order chi connectivity index (χ0) is 27.9. The molecule has 3 aliphatic rings. The molecule has 5 aromatic rings. The van der Waals surface area contributed by atoms with Crippen molar-refractivity contribution in [2.75, 3.05) is 0 Å². The normalized spacial score (nSPS) is 20.4. The van der Waals surface area contributed by atoms with Gasteiger partial charge in [0.2, 0.25) is 5.84 Å². The van der Waals surface area contributed by atoms with Gasteiger partial charge in [-0.1, -0.05) is 60.7 Å². The maximum atomic E-state index is 17.0. The number of allylic oxidation sites excluding steroid dienone is 2. The van der Waals surface area contributed by atoms with Gasteiger partial charge in [0.15, 0.2) is 0 Å². The van der Waals surface area contributed by atoms with Gasteiger partial charge in [-0.3, -0.25) is 0 Å². The highest BCUT2D eigenvalue weighted by Crippen LogP contribution is 2.40. The first kappa shape index (κ1) is 23.9. The van der Waals surface area contributed by atoms with Gasteiger partial charge in [-0.2, -0.15) is 0 Å². The van der Waals surface area contributed by atoms with Crippen LogP contribution in [0.5, 0.6) is 0 Å². The van der Waals surface area contributed by atoms with E-state index in [-0.39, 0.29) is 17.6 Å². The lowest BCUT2D eigenvalue weighted by molar-refractivity contribution is -0.534. The van der Waals surface area contributed by atoms with Crippen molar-refractivity contribution in [2.45, 2.75) is 19.9 Å². The number of hydrogen-bond donors (Lipinski definition) is 0. The first-order chi connectivity index (χ1) is 19.9. The molecule has 0 saturated heterocycles. The second kappa shape index (κ2) is 8.54. The van der Waals surface area contributed by atoms with Gasteiger partial charge in [0.05, 0.1) is 11.0 Å². The number of aromatic nitrogens is 4. The largest absolute Gasteiger partial charge is 0.638 e. The van der Waals surface area contributed by atoms with E-state index >= 15 is 8.63 Å². The van der Waals surface area contributed by atoms with E-state index < -0.39 is 13.0 Å². The Morgan fingerprint density at radius 3 is 2.56 bits per heavy atom. The van der Waals surface area contributed by atoms with Crippen LogP contribution >= 0.6 is 0 Å². The summed E-state index contributed by atoms with van der Waals surface area (Å²) in [4.78, 5) is 15.1. The number of rotatable bonds is 2. The summed E-state index contributed by atoms with van der Waals surface area (Å²) in [6, 6.07) is 18.8. The molecule has 0 fully saturated rings. The molecule has 2 aliphatic heterocycles. The Morgan fingerprint density at radius 2 is 1.71 bits per heavy atom. The summed E-state index contributed by atoms with van der Waals surface area (Å²) in [5.41, 5.74) is 7.57. The molecule has 8 rings (SSSR count). The van der Waals surface area contributed by atoms with Crippen molar-refractivity contribution in [3.63, 3.8) is 0 Å². The Balaban J connectivity index is 1.29. The molecule has 4 heterocycles. The molecule has 3 aromatic carbocycles. The van der Waals surface area contributed by atoms with E-state index in [0.29, 0.717) is 11.0 Å². The van der Waals surface area contributed by atoms with Crippen LogP contribution < -0.4 is 4.48 Å². The molecule has 2 atom stereocenters. The van der Waals surface area contributed by atoms with Crippen molar-refractivity contribution in [3.05, 3.63) is 115 Å². The van der Waals surface area contributed by atoms with Gasteiger partial charge in [0, 0.05) is 29.3 Å². The summed E-state index contributed by atoms with van der Waals surface area (Å²) < 4.78 is 37.1. The van der Waals surface area contributed by atoms with E-state index in [1.807, 2.05) is 97.3 Å². The lowest BCUT2D eigenvalue weighted by Crippen LogP contribution is -2.75. The number of imidazole rings is 1. The van der Waals surface area contributed by atoms with Crippen molar-refractivity contribution < 1.29 is 13.1 Å². The molecule has 1 aliphatic carbocycles. The average Bonchev–Trinajstić information content (AvgIpc) is 3.40. The first-order valence-corrected chi connectivity index (χ1v) is 13.7. The second-order valence-corrected chi connectivity index (χ2v) is 10.8. The van der Waals surface area contributed by atoms with Gasteiger partial charge < -0.3 is 22.5 Å². The van der Waals surface area contributed by atoms with Crippen molar-refractivity contribution >= 4 is 46.4 Å². The van der Waals surface area contributed by atoms with E-state index in [1.54, 1.807) is 18.5 Å². The molecule has 0 spiro atoms. The maximum Gasteiger partial charge on any atom is 0.638 e. The van der Waals surface area contributed by atoms with Crippen molar-refractivity contribution in [2.24, 2.45) is 10.9 Å². The van der Waals surface area contributed by atoms with Crippen LogP contribution in [0.3, 0.4) is 0 Å². The number of fused-ring (bicyclic) bond motifs is 7. The van der Waals surface area contributed by atoms with E-state index in [9.17, 15) is 0 Å². The smallest absolute Gasteiger partial charge is 0.415 e. The van der Waals surface area contributed by atoms with E-state index in [1.165, 1.54) is 11.0 Å². The molecule has 200 valence electrons. The van der Waals surface area contributed by atoms with Gasteiger partial charge in [-0.15, -0.1) is 0 Å². The van der Waals surface area contributed by atoms with Crippen molar-refractivity contribution in [1.29, 1.82) is 0 Å². The predicted octanol–water partition coefficient (Wildman–Crippen LogP) is 6.39. The van der Waals surface area contributed by atoms with Crippen molar-refractivity contribution in [1.82, 2.24) is 19.3 Å². The third-order valence-electron chi connectivity index (χ3n) is 8.51. The summed E-state index contributed by atoms with van der Waals surface area (Å²) in [6.45, 7) is -0.212. The van der Waals surface area contributed by atoms with Crippen LogP contribution in [0.4, 0.5) is 14.4 Å². The molecule has 0 saturated carbocycles. The Labute approximate surface area is 235 Å². The standard InChI is InChI=1S/C32H25BF2N6/c1-20-8-5-9-21(2)31(20)23-10-6-15-28-32(23)36-18-30-38-29-17-16-22-25(39-19-37-24-11-3-4-12-27(24)39)13-7-14-26(22)40(29)33(34,35)41(28)30/h3-19,22,26H,1-2H3. The molecule has 2 aromatic heterocycles. The Morgan fingerprint density at radius 1 is 0.902 bits per heavy atom. The molecule has 41 heavy (non-hydrogen) atoms. The minimum Gasteiger partial charge on any atom is -0.415 e. The second-order valence-electron chi connectivity index (χ2n) is 10.8. The minimum absolute atomic E-state index is 0.145. The molecule has 0 N–H and O–H groups in total. The molecule has 0 radical (unpaired) electrons. The first-order valence-electron chi connectivity index (χ1n) is 13.7. The lowest BCUT2D eigenvalue weighted by atomic mass is 9.78. The molecule has 9 heteroatoms. The van der Waals surface area contributed by atoms with Gasteiger partial charge in [-0.25, -0.2) is 9.97 Å². The minimum atomic E-state index is -4.28. The van der Waals surface area contributed by atoms with Crippen LogP contribution in [0.1, 0.15) is 11.1 Å². The van der Waals surface area contributed by atoms with E-state index in [0.717, 1.165) is 43.5 Å². The molecule has 0 amide bonds. The summed E-state index contributed by atoms with van der Waals surface area (Å²) in [6.07, 6.45) is 12.6. The summed E-state index contributed by atoms with van der Waals surface area (Å²) >= 11 is 0. The Kier molecular flexibility index (Phi) is 4.98. The van der Waals surface area contributed by atoms with Gasteiger partial charge in [-0.05, 0) is 59.8 Å². The van der Waals surface area contributed by atoms with Crippen LogP contribution in [0.15, 0.2) is 109 Å². The highest BCUT2D eigenvalue weighted by molar-refractivity contribution is 6.59. The third-order valence-corrected chi connectivity index (χ3v) is 8.51. The average molecular weight is 542 g/mol. The highest BCUT2D eigenvalue weighted by Gasteiger charge is 2.55. The fourth-order valence-corrected chi connectivity index (χ4v) is 6.71. The number of amidine groups is 1. The zero-order valence-electron chi connectivity index (χ0n) is 22.5. The van der Waals surface area contributed by atoms with E-state index in [2.05, 4.69) is 9.97 Å². The number of aryl methyl sites for hydroxylation is 2. The monoisotopic (exact) mass is 542 g/mol. The fraction of sp³-hybridized carbons (Fsp3) is 0.125. The van der Waals surface area contributed by atoms with Gasteiger partial charge in [0.25, 0.3) is 0 Å². The van der Waals surface area contributed by atoms with Crippen LogP contribution in [0, 0.1) is 19.8 Å². The maximum absolute atomic E-state index is 17.0. The quantitative estimate of drug-likeness (QED) is 0.243. The highest BCUT2D eigenvalue weighted by atomic mass is 19.2. The Hall–Kier alpha value is -4.92. The third kappa shape index (κ3) is 3.35. The zero-order valence-corrected chi connectivity index (χ0v) is 22.5. The van der Waals surface area contributed by atoms with Crippen LogP contribution in [-0.2, 0) is 0 Å². The number of benzene rings is 3. The SMILES string of the molecule is Cc1cccc(C)c1-c1cccc2c1ncc1[n+]2[B-](F)(F)N2C(=N1)C=CC1C(n3cnc4ccccc43)=CC=CC12. The van der Waals surface area contributed by atoms with Gasteiger partial charge in [0.1, 0.15) is 23.6 Å². The topological polar surface area (TPSA) is 50.2 Å². The number of nitrogens with zero attached hydrogens (tertiary/aromatic N) is 6. The van der Waals surface area contributed by atoms with Crippen molar-refractivity contribution in [3.8, 4) is 11.1 Å². The van der Waals surface area contributed by atoms with Crippen LogP contribution in [0.25, 0.3) is 38.9 Å². The fourth-order valence-electron chi connectivity index (χ4n) is 6.71. The van der Waals surface area contributed by atoms with Crippen LogP contribution in [0.2, 0.25) is 0 Å². The molecule has 0 bridgehead atoms.